The third-order valence-electron chi connectivity index (χ3n) is 4.93. The summed E-state index contributed by atoms with van der Waals surface area (Å²) >= 11 is 0. The molecular formula is C21H28N2O4. The van der Waals surface area contributed by atoms with Gasteiger partial charge in [0.1, 0.15) is 5.75 Å². The van der Waals surface area contributed by atoms with Crippen molar-refractivity contribution in [1.82, 2.24) is 4.90 Å². The summed E-state index contributed by atoms with van der Waals surface area (Å²) in [5.74, 6) is 2.94. The van der Waals surface area contributed by atoms with Gasteiger partial charge in [-0.25, -0.2) is 0 Å². The van der Waals surface area contributed by atoms with Crippen molar-refractivity contribution in [2.45, 2.75) is 6.54 Å². The zero-order chi connectivity index (χ0) is 19.2. The van der Waals surface area contributed by atoms with Gasteiger partial charge in [-0.15, -0.1) is 0 Å². The molecule has 146 valence electrons. The number of piperazine rings is 1. The number of methoxy groups -OCH3 is 4. The lowest BCUT2D eigenvalue weighted by Crippen LogP contribution is -2.46. The molecule has 3 rings (SSSR count). The minimum atomic E-state index is 0.629. The first-order chi connectivity index (χ1) is 13.2. The third kappa shape index (κ3) is 4.22. The second kappa shape index (κ2) is 8.86. The molecule has 0 amide bonds. The van der Waals surface area contributed by atoms with E-state index in [9.17, 15) is 0 Å². The van der Waals surface area contributed by atoms with Crippen LogP contribution in [-0.4, -0.2) is 59.5 Å². The molecule has 0 N–H and O–H groups in total. The number of benzene rings is 2. The topological polar surface area (TPSA) is 43.4 Å². The molecule has 1 aliphatic heterocycles. The van der Waals surface area contributed by atoms with Crippen molar-refractivity contribution < 1.29 is 18.9 Å². The Balaban J connectivity index is 1.67. The molecule has 1 aliphatic rings. The van der Waals surface area contributed by atoms with E-state index in [1.807, 2.05) is 24.3 Å². The standard InChI is InChI=1S/C21H28N2O4/c1-24-18-8-6-5-7-17(18)23-11-9-22(10-12-23)15-16-13-19(25-2)21(27-4)20(14-16)26-3/h5-8,13-14H,9-12,15H2,1-4H3. The fraction of sp³-hybridized carbons (Fsp3) is 0.429. The second-order valence-electron chi connectivity index (χ2n) is 6.47. The van der Waals surface area contributed by atoms with Crippen molar-refractivity contribution in [3.63, 3.8) is 0 Å². The highest BCUT2D eigenvalue weighted by Gasteiger charge is 2.21. The number of para-hydroxylation sites is 2. The summed E-state index contributed by atoms with van der Waals surface area (Å²) in [5, 5.41) is 0. The maximum Gasteiger partial charge on any atom is 0.203 e. The molecule has 1 heterocycles. The molecule has 0 spiro atoms. The van der Waals surface area contributed by atoms with E-state index in [-0.39, 0.29) is 0 Å². The van der Waals surface area contributed by atoms with Crippen molar-refractivity contribution in [2.75, 3.05) is 59.5 Å². The van der Waals surface area contributed by atoms with Crippen LogP contribution in [0, 0.1) is 0 Å². The van der Waals surface area contributed by atoms with Crippen molar-refractivity contribution in [3.8, 4) is 23.0 Å². The van der Waals surface area contributed by atoms with Crippen molar-refractivity contribution in [1.29, 1.82) is 0 Å². The van der Waals surface area contributed by atoms with Gasteiger partial charge in [0.05, 0.1) is 34.1 Å². The predicted octanol–water partition coefficient (Wildman–Crippen LogP) is 3.04. The van der Waals surface area contributed by atoms with Gasteiger partial charge in [-0.1, -0.05) is 12.1 Å². The monoisotopic (exact) mass is 372 g/mol. The number of hydrogen-bond donors (Lipinski definition) is 0. The summed E-state index contributed by atoms with van der Waals surface area (Å²) in [5.41, 5.74) is 2.31. The lowest BCUT2D eigenvalue weighted by Gasteiger charge is -2.36. The summed E-state index contributed by atoms with van der Waals surface area (Å²) in [6, 6.07) is 12.2. The van der Waals surface area contributed by atoms with Gasteiger partial charge in [0.2, 0.25) is 5.75 Å². The third-order valence-corrected chi connectivity index (χ3v) is 4.93. The van der Waals surface area contributed by atoms with Crippen LogP contribution in [0.3, 0.4) is 0 Å². The van der Waals surface area contributed by atoms with E-state index in [0.29, 0.717) is 17.2 Å². The van der Waals surface area contributed by atoms with Crippen LogP contribution >= 0.6 is 0 Å². The zero-order valence-electron chi connectivity index (χ0n) is 16.5. The quantitative estimate of drug-likeness (QED) is 0.744. The molecule has 6 nitrogen and oxygen atoms in total. The highest BCUT2D eigenvalue weighted by molar-refractivity contribution is 5.58. The van der Waals surface area contributed by atoms with Gasteiger partial charge < -0.3 is 23.8 Å². The molecule has 1 fully saturated rings. The highest BCUT2D eigenvalue weighted by atomic mass is 16.5. The molecule has 6 heteroatoms. The normalized spacial score (nSPS) is 14.7. The van der Waals surface area contributed by atoms with Crippen LogP contribution in [0.4, 0.5) is 5.69 Å². The summed E-state index contributed by atoms with van der Waals surface area (Å²) in [7, 11) is 6.64. The number of anilines is 1. The summed E-state index contributed by atoms with van der Waals surface area (Å²) in [4.78, 5) is 4.82. The fourth-order valence-electron chi connectivity index (χ4n) is 3.52. The van der Waals surface area contributed by atoms with Gasteiger partial charge in [0, 0.05) is 32.7 Å². The highest BCUT2D eigenvalue weighted by Crippen LogP contribution is 2.38. The Morgan fingerprint density at radius 1 is 0.741 bits per heavy atom. The van der Waals surface area contributed by atoms with Gasteiger partial charge in [0.15, 0.2) is 11.5 Å². The van der Waals surface area contributed by atoms with E-state index in [4.69, 9.17) is 18.9 Å². The predicted molar refractivity (Wildman–Crippen MR) is 107 cm³/mol. The number of hydrogen-bond acceptors (Lipinski definition) is 6. The van der Waals surface area contributed by atoms with Crippen molar-refractivity contribution in [3.05, 3.63) is 42.0 Å². The van der Waals surface area contributed by atoms with Crippen molar-refractivity contribution >= 4 is 5.69 Å². The van der Waals surface area contributed by atoms with Crippen LogP contribution in [0.2, 0.25) is 0 Å². The molecule has 0 unspecified atom stereocenters. The van der Waals surface area contributed by atoms with Crippen LogP contribution < -0.4 is 23.8 Å². The van der Waals surface area contributed by atoms with E-state index < -0.39 is 0 Å². The van der Waals surface area contributed by atoms with Gasteiger partial charge in [-0.3, -0.25) is 4.90 Å². The van der Waals surface area contributed by atoms with E-state index in [0.717, 1.165) is 49.7 Å². The summed E-state index contributed by atoms with van der Waals surface area (Å²) in [6.07, 6.45) is 0. The Kier molecular flexibility index (Phi) is 6.29. The molecule has 0 saturated carbocycles. The average molecular weight is 372 g/mol. The van der Waals surface area contributed by atoms with Gasteiger partial charge in [-0.05, 0) is 29.8 Å². The van der Waals surface area contributed by atoms with E-state index >= 15 is 0 Å². The van der Waals surface area contributed by atoms with Crippen LogP contribution in [0.25, 0.3) is 0 Å². The van der Waals surface area contributed by atoms with Crippen molar-refractivity contribution in [2.24, 2.45) is 0 Å². The maximum atomic E-state index is 5.50. The van der Waals surface area contributed by atoms with Gasteiger partial charge in [0.25, 0.3) is 0 Å². The average Bonchev–Trinajstić information content (AvgIpc) is 2.73. The van der Waals surface area contributed by atoms with E-state index in [1.54, 1.807) is 28.4 Å². The first kappa shape index (κ1) is 19.2. The number of rotatable bonds is 7. The SMILES string of the molecule is COc1ccccc1N1CCN(Cc2cc(OC)c(OC)c(OC)c2)CC1. The van der Waals surface area contributed by atoms with Crippen LogP contribution in [-0.2, 0) is 6.54 Å². The maximum absolute atomic E-state index is 5.50. The van der Waals surface area contributed by atoms with Gasteiger partial charge in [-0.2, -0.15) is 0 Å². The molecule has 0 aromatic heterocycles. The number of ether oxygens (including phenoxy) is 4. The smallest absolute Gasteiger partial charge is 0.203 e. The van der Waals surface area contributed by atoms with Crippen LogP contribution in [0.1, 0.15) is 5.56 Å². The lowest BCUT2D eigenvalue weighted by atomic mass is 10.1. The molecule has 0 bridgehead atoms. The largest absolute Gasteiger partial charge is 0.495 e. The fourth-order valence-corrected chi connectivity index (χ4v) is 3.52. The Bertz CT molecular complexity index is 733. The summed E-state index contributed by atoms with van der Waals surface area (Å²) in [6.45, 7) is 4.73. The minimum Gasteiger partial charge on any atom is -0.495 e. The Hall–Kier alpha value is -2.60. The number of nitrogens with zero attached hydrogens (tertiary/aromatic N) is 2. The molecule has 1 saturated heterocycles. The molecular weight excluding hydrogens is 344 g/mol. The zero-order valence-corrected chi connectivity index (χ0v) is 16.5. The molecule has 0 atom stereocenters. The first-order valence-corrected chi connectivity index (χ1v) is 9.09. The molecule has 2 aromatic carbocycles. The van der Waals surface area contributed by atoms with Crippen LogP contribution in [0.5, 0.6) is 23.0 Å². The Morgan fingerprint density at radius 2 is 1.33 bits per heavy atom. The van der Waals surface area contributed by atoms with Gasteiger partial charge >= 0.3 is 0 Å². The molecule has 0 radical (unpaired) electrons. The Labute approximate surface area is 161 Å². The summed E-state index contributed by atoms with van der Waals surface area (Å²) < 4.78 is 21.8. The lowest BCUT2D eigenvalue weighted by molar-refractivity contribution is 0.247. The molecule has 2 aromatic rings. The Morgan fingerprint density at radius 3 is 1.89 bits per heavy atom. The molecule has 27 heavy (non-hydrogen) atoms. The van der Waals surface area contributed by atoms with E-state index in [1.165, 1.54) is 0 Å². The van der Waals surface area contributed by atoms with E-state index in [2.05, 4.69) is 21.9 Å². The minimum absolute atomic E-state index is 0.629. The second-order valence-corrected chi connectivity index (χ2v) is 6.47. The first-order valence-electron chi connectivity index (χ1n) is 9.09. The molecule has 0 aliphatic carbocycles. The van der Waals surface area contributed by atoms with Crippen LogP contribution in [0.15, 0.2) is 36.4 Å².